The van der Waals surface area contributed by atoms with Gasteiger partial charge in [0.25, 0.3) is 5.91 Å². The summed E-state index contributed by atoms with van der Waals surface area (Å²) in [6, 6.07) is 11.4. The fourth-order valence-electron chi connectivity index (χ4n) is 2.42. The third-order valence-electron chi connectivity index (χ3n) is 3.73. The zero-order chi connectivity index (χ0) is 18.0. The average Bonchev–Trinajstić information content (AvgIpc) is 2.93. The molecule has 3 aromatic rings. The Bertz CT molecular complexity index is 980. The number of hydrogen-bond acceptors (Lipinski definition) is 2. The maximum atomic E-state index is 12.4. The van der Waals surface area contributed by atoms with Crippen molar-refractivity contribution in [3.05, 3.63) is 60.0 Å². The first-order valence-electron chi connectivity index (χ1n) is 8.17. The molecule has 25 heavy (non-hydrogen) atoms. The molecule has 0 aliphatic carbocycles. The first kappa shape index (κ1) is 16.8. The number of fused-ring (bicyclic) bond motifs is 1. The summed E-state index contributed by atoms with van der Waals surface area (Å²) >= 11 is 0. The number of anilines is 1. The van der Waals surface area contributed by atoms with Gasteiger partial charge in [-0.1, -0.05) is 5.92 Å². The van der Waals surface area contributed by atoms with Crippen LogP contribution >= 0.6 is 0 Å². The van der Waals surface area contributed by atoms with Gasteiger partial charge in [0.15, 0.2) is 0 Å². The fraction of sp³-hybridized carbons (Fsp3) is 0.238. The van der Waals surface area contributed by atoms with E-state index in [1.165, 1.54) is 0 Å². The van der Waals surface area contributed by atoms with Gasteiger partial charge in [0.05, 0.1) is 5.56 Å². The normalized spacial score (nSPS) is 11.0. The number of aromatic nitrogens is 2. The lowest BCUT2D eigenvalue weighted by Crippen LogP contribution is -2.12. The van der Waals surface area contributed by atoms with E-state index in [-0.39, 0.29) is 11.3 Å². The molecule has 4 nitrogen and oxygen atoms in total. The molecule has 0 radical (unpaired) electrons. The Hall–Kier alpha value is -3.06. The number of hydrogen-bond donors (Lipinski definition) is 1. The molecule has 3 rings (SSSR count). The summed E-state index contributed by atoms with van der Waals surface area (Å²) in [5.74, 6) is 5.98. The fourth-order valence-corrected chi connectivity index (χ4v) is 2.42. The van der Waals surface area contributed by atoms with Crippen LogP contribution in [0, 0.1) is 17.3 Å². The molecule has 0 aliphatic rings. The summed E-state index contributed by atoms with van der Waals surface area (Å²) in [5.41, 5.74) is 2.99. The van der Waals surface area contributed by atoms with Crippen molar-refractivity contribution in [2.24, 2.45) is 12.5 Å². The van der Waals surface area contributed by atoms with Gasteiger partial charge in [-0.2, -0.15) is 0 Å². The lowest BCUT2D eigenvalue weighted by molar-refractivity contribution is 0.102. The van der Waals surface area contributed by atoms with Crippen LogP contribution < -0.4 is 5.32 Å². The number of rotatable bonds is 2. The Labute approximate surface area is 147 Å². The third kappa shape index (κ3) is 4.07. The lowest BCUT2D eigenvalue weighted by Gasteiger charge is -2.07. The second-order valence-electron chi connectivity index (χ2n) is 7.09. The van der Waals surface area contributed by atoms with Crippen LogP contribution in [-0.2, 0) is 7.05 Å². The lowest BCUT2D eigenvalue weighted by atomic mass is 9.98. The number of carbonyl (C=O) groups is 1. The Morgan fingerprint density at radius 1 is 1.16 bits per heavy atom. The van der Waals surface area contributed by atoms with Crippen molar-refractivity contribution in [1.29, 1.82) is 0 Å². The van der Waals surface area contributed by atoms with Crippen LogP contribution in [0.1, 0.15) is 36.8 Å². The highest BCUT2D eigenvalue weighted by molar-refractivity contribution is 6.05. The van der Waals surface area contributed by atoms with E-state index >= 15 is 0 Å². The van der Waals surface area contributed by atoms with Gasteiger partial charge in [-0.15, -0.1) is 0 Å². The standard InChI is InChI=1S/C21H21N3O/c1-21(2,3)11-9-17-6-5-16(14-22-17)20(25)23-18-7-8-19-15(13-18)10-12-24(19)4/h5-8,10,12-14H,1-4H3,(H,23,25). The van der Waals surface area contributed by atoms with Crippen LogP contribution in [0.2, 0.25) is 0 Å². The van der Waals surface area contributed by atoms with Crippen molar-refractivity contribution < 1.29 is 4.79 Å². The first-order chi connectivity index (χ1) is 11.8. The highest BCUT2D eigenvalue weighted by Gasteiger charge is 2.08. The molecule has 2 aromatic heterocycles. The van der Waals surface area contributed by atoms with Gasteiger partial charge in [0.2, 0.25) is 0 Å². The minimum absolute atomic E-state index is 0.0756. The molecule has 1 aromatic carbocycles. The van der Waals surface area contributed by atoms with Gasteiger partial charge in [0, 0.05) is 41.4 Å². The van der Waals surface area contributed by atoms with E-state index < -0.39 is 0 Å². The molecule has 0 unspecified atom stereocenters. The van der Waals surface area contributed by atoms with Crippen LogP contribution in [0.4, 0.5) is 5.69 Å². The predicted octanol–water partition coefficient (Wildman–Crippen LogP) is 4.22. The largest absolute Gasteiger partial charge is 0.351 e. The average molecular weight is 331 g/mol. The molecule has 0 atom stereocenters. The monoisotopic (exact) mass is 331 g/mol. The number of nitrogens with one attached hydrogen (secondary N) is 1. The molecule has 126 valence electrons. The van der Waals surface area contributed by atoms with E-state index in [2.05, 4.69) is 22.1 Å². The summed E-state index contributed by atoms with van der Waals surface area (Å²) in [5, 5.41) is 4.00. The Morgan fingerprint density at radius 2 is 1.96 bits per heavy atom. The number of aryl methyl sites for hydroxylation is 1. The van der Waals surface area contributed by atoms with Gasteiger partial charge in [0.1, 0.15) is 5.69 Å². The Morgan fingerprint density at radius 3 is 2.64 bits per heavy atom. The number of nitrogens with zero attached hydrogens (tertiary/aromatic N) is 2. The van der Waals surface area contributed by atoms with Crippen LogP contribution in [0.25, 0.3) is 10.9 Å². The molecular weight excluding hydrogens is 310 g/mol. The van der Waals surface area contributed by atoms with Crippen LogP contribution in [0.5, 0.6) is 0 Å². The Balaban J connectivity index is 1.74. The number of pyridine rings is 1. The van der Waals surface area contributed by atoms with E-state index in [4.69, 9.17) is 0 Å². The number of benzene rings is 1. The van der Waals surface area contributed by atoms with E-state index in [1.54, 1.807) is 18.3 Å². The number of amides is 1. The zero-order valence-corrected chi connectivity index (χ0v) is 14.9. The molecule has 1 N–H and O–H groups in total. The molecule has 0 saturated heterocycles. The van der Waals surface area contributed by atoms with Gasteiger partial charge in [-0.05, 0) is 63.1 Å². The smallest absolute Gasteiger partial charge is 0.257 e. The van der Waals surface area contributed by atoms with Crippen molar-refractivity contribution in [2.75, 3.05) is 5.32 Å². The quantitative estimate of drug-likeness (QED) is 0.715. The summed E-state index contributed by atoms with van der Waals surface area (Å²) in [7, 11) is 2.00. The molecule has 4 heteroatoms. The summed E-state index contributed by atoms with van der Waals surface area (Å²) in [6.07, 6.45) is 3.56. The van der Waals surface area contributed by atoms with Gasteiger partial charge < -0.3 is 9.88 Å². The van der Waals surface area contributed by atoms with Crippen molar-refractivity contribution in [3.63, 3.8) is 0 Å². The third-order valence-corrected chi connectivity index (χ3v) is 3.73. The topological polar surface area (TPSA) is 46.9 Å². The van der Waals surface area contributed by atoms with Crippen molar-refractivity contribution in [2.45, 2.75) is 20.8 Å². The highest BCUT2D eigenvalue weighted by atomic mass is 16.1. The molecule has 0 fully saturated rings. The molecule has 2 heterocycles. The first-order valence-corrected chi connectivity index (χ1v) is 8.17. The van der Waals surface area contributed by atoms with Crippen LogP contribution in [-0.4, -0.2) is 15.5 Å². The second kappa shape index (κ2) is 6.45. The number of carbonyl (C=O) groups excluding carboxylic acids is 1. The molecule has 0 saturated carbocycles. The molecular formula is C21H21N3O. The highest BCUT2D eigenvalue weighted by Crippen LogP contribution is 2.20. The van der Waals surface area contributed by atoms with Crippen molar-refractivity contribution in [3.8, 4) is 11.8 Å². The van der Waals surface area contributed by atoms with Crippen LogP contribution in [0.15, 0.2) is 48.8 Å². The minimum atomic E-state index is -0.182. The zero-order valence-electron chi connectivity index (χ0n) is 14.9. The second-order valence-corrected chi connectivity index (χ2v) is 7.09. The summed E-state index contributed by atoms with van der Waals surface area (Å²) in [6.45, 7) is 6.14. The molecule has 0 aliphatic heterocycles. The molecule has 0 bridgehead atoms. The van der Waals surface area contributed by atoms with E-state index in [0.29, 0.717) is 11.3 Å². The van der Waals surface area contributed by atoms with E-state index in [1.807, 2.05) is 62.8 Å². The molecule has 0 spiro atoms. The van der Waals surface area contributed by atoms with E-state index in [0.717, 1.165) is 16.6 Å². The van der Waals surface area contributed by atoms with Gasteiger partial charge in [-0.25, -0.2) is 4.98 Å². The van der Waals surface area contributed by atoms with Gasteiger partial charge >= 0.3 is 0 Å². The maximum Gasteiger partial charge on any atom is 0.257 e. The van der Waals surface area contributed by atoms with Crippen molar-refractivity contribution in [1.82, 2.24) is 9.55 Å². The molecule has 1 amide bonds. The summed E-state index contributed by atoms with van der Waals surface area (Å²) < 4.78 is 2.04. The van der Waals surface area contributed by atoms with Crippen LogP contribution in [0.3, 0.4) is 0 Å². The van der Waals surface area contributed by atoms with E-state index in [9.17, 15) is 4.79 Å². The minimum Gasteiger partial charge on any atom is -0.351 e. The van der Waals surface area contributed by atoms with Crippen molar-refractivity contribution >= 4 is 22.5 Å². The Kier molecular flexibility index (Phi) is 4.33. The predicted molar refractivity (Wildman–Crippen MR) is 101 cm³/mol. The summed E-state index contributed by atoms with van der Waals surface area (Å²) in [4.78, 5) is 16.7. The van der Waals surface area contributed by atoms with Gasteiger partial charge in [-0.3, -0.25) is 4.79 Å². The SMILES string of the molecule is Cn1ccc2cc(NC(=O)c3ccc(C#CC(C)(C)C)nc3)ccc21. The maximum absolute atomic E-state index is 12.4.